The zero-order valence-corrected chi connectivity index (χ0v) is 22.9. The summed E-state index contributed by atoms with van der Waals surface area (Å²) in [5.41, 5.74) is 1.87. The van der Waals surface area contributed by atoms with Crippen LogP contribution in [0.15, 0.2) is 29.2 Å². The minimum absolute atomic E-state index is 0.0583. The van der Waals surface area contributed by atoms with Crippen LogP contribution >= 0.6 is 0 Å². The molecule has 0 spiro atoms. The van der Waals surface area contributed by atoms with Crippen molar-refractivity contribution >= 4 is 34.8 Å². The first kappa shape index (κ1) is 26.3. The van der Waals surface area contributed by atoms with E-state index < -0.39 is 17.1 Å². The lowest BCUT2D eigenvalue weighted by Gasteiger charge is -2.39. The van der Waals surface area contributed by atoms with Crippen LogP contribution in [-0.2, 0) is 31.8 Å². The highest BCUT2D eigenvalue weighted by Gasteiger charge is 2.42. The number of carbonyl (C=O) groups is 2. The van der Waals surface area contributed by atoms with Crippen molar-refractivity contribution < 1.29 is 28.4 Å². The summed E-state index contributed by atoms with van der Waals surface area (Å²) in [6.07, 6.45) is 2.31. The molecule has 3 fully saturated rings. The van der Waals surface area contributed by atoms with Gasteiger partial charge in [0.05, 0.1) is 31.9 Å². The summed E-state index contributed by atoms with van der Waals surface area (Å²) in [6, 6.07) is 6.93. The molecular weight excluding hydrogens is 522 g/mol. The van der Waals surface area contributed by atoms with Crippen LogP contribution in [0.5, 0.6) is 0 Å². The molecule has 0 radical (unpaired) electrons. The molecule has 4 aliphatic heterocycles. The lowest BCUT2D eigenvalue weighted by atomic mass is 10.1. The number of aromatic nitrogens is 2. The molecule has 5 heterocycles. The summed E-state index contributed by atoms with van der Waals surface area (Å²) in [6.45, 7) is 4.69. The lowest BCUT2D eigenvalue weighted by Crippen LogP contribution is -2.54. The van der Waals surface area contributed by atoms with Gasteiger partial charge in [-0.25, -0.2) is 9.78 Å². The van der Waals surface area contributed by atoms with E-state index in [0.29, 0.717) is 68.3 Å². The third-order valence-electron chi connectivity index (χ3n) is 7.82. The number of benzene rings is 1. The van der Waals surface area contributed by atoms with Gasteiger partial charge in [-0.2, -0.15) is 9.54 Å². The standard InChI is InChI=1S/C27H34N5O6S/c1-30(20-6-11-36-12-7-20)24-23-22(8-15-39(23)35)28-27(29-24)32-16-21(17-32)38-26(34)19-4-2-18(3-5-19)25(33)31-9-13-37-14-10-31/h2-5,20-21,35H,6-17H2,1H3/q+1. The molecule has 1 amide bonds. The second-order valence-electron chi connectivity index (χ2n) is 10.3. The first-order valence-corrected chi connectivity index (χ1v) is 14.9. The Labute approximate surface area is 230 Å². The van der Waals surface area contributed by atoms with Crippen LogP contribution in [0.25, 0.3) is 0 Å². The molecule has 3 saturated heterocycles. The van der Waals surface area contributed by atoms with E-state index in [9.17, 15) is 14.1 Å². The number of anilines is 2. The first-order valence-electron chi connectivity index (χ1n) is 13.5. The third kappa shape index (κ3) is 5.43. The Bertz CT molecular complexity index is 1210. The van der Waals surface area contributed by atoms with Gasteiger partial charge >= 0.3 is 5.97 Å². The Morgan fingerprint density at radius 1 is 1.03 bits per heavy atom. The fraction of sp³-hybridized carbons (Fsp3) is 0.556. The Morgan fingerprint density at radius 2 is 1.69 bits per heavy atom. The second-order valence-corrected chi connectivity index (χ2v) is 11.9. The minimum Gasteiger partial charge on any atom is -0.455 e. The van der Waals surface area contributed by atoms with Crippen molar-refractivity contribution in [2.45, 2.75) is 36.3 Å². The Kier molecular flexibility index (Phi) is 7.61. The quantitative estimate of drug-likeness (QED) is 0.415. The smallest absolute Gasteiger partial charge is 0.338 e. The molecule has 39 heavy (non-hydrogen) atoms. The number of hydrogen-bond donors (Lipinski definition) is 1. The van der Waals surface area contributed by atoms with E-state index in [1.165, 1.54) is 0 Å². The zero-order chi connectivity index (χ0) is 26.9. The van der Waals surface area contributed by atoms with Gasteiger partial charge in [-0.1, -0.05) is 0 Å². The van der Waals surface area contributed by atoms with E-state index in [2.05, 4.69) is 4.90 Å². The average Bonchev–Trinajstić information content (AvgIpc) is 3.34. The predicted octanol–water partition coefficient (Wildman–Crippen LogP) is 1.62. The molecule has 1 aromatic heterocycles. The molecule has 12 heteroatoms. The summed E-state index contributed by atoms with van der Waals surface area (Å²) >= 11 is -0.847. The van der Waals surface area contributed by atoms with Gasteiger partial charge < -0.3 is 28.9 Å². The predicted molar refractivity (Wildman–Crippen MR) is 146 cm³/mol. The summed E-state index contributed by atoms with van der Waals surface area (Å²) in [7, 11) is 2.04. The lowest BCUT2D eigenvalue weighted by molar-refractivity contribution is 0.0230. The van der Waals surface area contributed by atoms with Crippen LogP contribution in [0.3, 0.4) is 0 Å². The molecule has 1 aromatic carbocycles. The van der Waals surface area contributed by atoms with Crippen molar-refractivity contribution in [3.05, 3.63) is 41.1 Å². The number of morpholine rings is 1. The molecular formula is C27H34N5O6S+. The number of amides is 1. The number of rotatable bonds is 6. The molecule has 0 aliphatic carbocycles. The van der Waals surface area contributed by atoms with Crippen molar-refractivity contribution in [2.75, 3.05) is 75.2 Å². The van der Waals surface area contributed by atoms with Crippen LogP contribution in [0.4, 0.5) is 11.8 Å². The Balaban J connectivity index is 1.08. The van der Waals surface area contributed by atoms with Gasteiger partial charge in [-0.15, -0.1) is 0 Å². The van der Waals surface area contributed by atoms with E-state index >= 15 is 0 Å². The van der Waals surface area contributed by atoms with Crippen LogP contribution in [0.2, 0.25) is 0 Å². The van der Waals surface area contributed by atoms with E-state index in [0.717, 1.165) is 48.9 Å². The SMILES string of the molecule is CN(c1nc(N2CC(OC(=O)c3ccc(C(=O)N4CCOCC4)cc3)C2)nc2c1[S+](O)CC2)C1CCOCC1. The number of nitrogens with zero attached hydrogens (tertiary/aromatic N) is 5. The third-order valence-corrected chi connectivity index (χ3v) is 9.30. The van der Waals surface area contributed by atoms with E-state index in [4.69, 9.17) is 24.2 Å². The monoisotopic (exact) mass is 556 g/mol. The summed E-state index contributed by atoms with van der Waals surface area (Å²) in [5.74, 6) is 1.62. The maximum atomic E-state index is 12.8. The molecule has 1 unspecified atom stereocenters. The van der Waals surface area contributed by atoms with Crippen LogP contribution in [-0.4, -0.2) is 109 Å². The maximum absolute atomic E-state index is 12.8. The molecule has 1 atom stereocenters. The summed E-state index contributed by atoms with van der Waals surface area (Å²) in [5, 5.41) is 0. The fourth-order valence-electron chi connectivity index (χ4n) is 5.40. The topological polar surface area (TPSA) is 118 Å². The number of carbonyl (C=O) groups excluding carboxylic acids is 2. The van der Waals surface area contributed by atoms with Gasteiger partial charge in [0.15, 0.2) is 22.7 Å². The minimum atomic E-state index is -0.847. The van der Waals surface area contributed by atoms with Crippen molar-refractivity contribution in [2.24, 2.45) is 0 Å². The molecule has 6 rings (SSSR count). The highest BCUT2D eigenvalue weighted by Crippen LogP contribution is 2.36. The number of fused-ring (bicyclic) bond motifs is 1. The molecule has 0 saturated carbocycles. The zero-order valence-electron chi connectivity index (χ0n) is 22.1. The molecule has 1 N–H and O–H groups in total. The van der Waals surface area contributed by atoms with Crippen molar-refractivity contribution in [1.82, 2.24) is 14.9 Å². The second kappa shape index (κ2) is 11.3. The van der Waals surface area contributed by atoms with Gasteiger partial charge in [0.1, 0.15) is 11.8 Å². The van der Waals surface area contributed by atoms with E-state index in [1.807, 2.05) is 11.9 Å². The normalized spacial score (nSPS) is 21.8. The maximum Gasteiger partial charge on any atom is 0.338 e. The number of esters is 1. The van der Waals surface area contributed by atoms with E-state index in [-0.39, 0.29) is 12.0 Å². The van der Waals surface area contributed by atoms with Gasteiger partial charge in [0.25, 0.3) is 10.8 Å². The van der Waals surface area contributed by atoms with Gasteiger partial charge in [-0.05, 0) is 37.1 Å². The summed E-state index contributed by atoms with van der Waals surface area (Å²) in [4.78, 5) is 41.9. The van der Waals surface area contributed by atoms with Gasteiger partial charge in [-0.3, -0.25) is 4.79 Å². The van der Waals surface area contributed by atoms with E-state index in [1.54, 1.807) is 29.2 Å². The molecule has 11 nitrogen and oxygen atoms in total. The van der Waals surface area contributed by atoms with Gasteiger partial charge in [0.2, 0.25) is 5.95 Å². The Morgan fingerprint density at radius 3 is 2.41 bits per heavy atom. The highest BCUT2D eigenvalue weighted by atomic mass is 32.2. The largest absolute Gasteiger partial charge is 0.455 e. The van der Waals surface area contributed by atoms with Crippen molar-refractivity contribution in [1.29, 1.82) is 0 Å². The summed E-state index contributed by atoms with van der Waals surface area (Å²) < 4.78 is 27.2. The Hall–Kier alpha value is -2.93. The first-order chi connectivity index (χ1) is 19.0. The van der Waals surface area contributed by atoms with Crippen molar-refractivity contribution in [3.8, 4) is 0 Å². The average molecular weight is 557 g/mol. The number of ether oxygens (including phenoxy) is 3. The highest BCUT2D eigenvalue weighted by molar-refractivity contribution is 7.92. The van der Waals surface area contributed by atoms with Gasteiger partial charge in [0, 0.05) is 51.4 Å². The molecule has 2 aromatic rings. The number of aryl methyl sites for hydroxylation is 1. The fourth-order valence-corrected chi connectivity index (χ4v) is 6.81. The number of hydrogen-bond acceptors (Lipinski definition) is 10. The van der Waals surface area contributed by atoms with Crippen molar-refractivity contribution in [3.63, 3.8) is 0 Å². The molecule has 4 aliphatic rings. The van der Waals surface area contributed by atoms with Crippen LogP contribution in [0, 0.1) is 0 Å². The molecule has 208 valence electrons. The van der Waals surface area contributed by atoms with Crippen LogP contribution < -0.4 is 9.80 Å². The molecule has 0 bridgehead atoms. The van der Waals surface area contributed by atoms with Crippen LogP contribution in [0.1, 0.15) is 39.3 Å².